The molecule has 0 aromatic carbocycles. The molecule has 0 amide bonds. The Kier molecular flexibility index (Phi) is 4.73. The Morgan fingerprint density at radius 1 is 1.57 bits per heavy atom. The molecule has 0 aliphatic carbocycles. The Labute approximate surface area is 43.6 Å². The van der Waals surface area contributed by atoms with E-state index >= 15 is 0 Å². The fourth-order valence-electron chi connectivity index (χ4n) is 0. The molecule has 0 saturated heterocycles. The monoisotopic (exact) mass is 174 g/mol. The first kappa shape index (κ1) is 10.2. The summed E-state index contributed by atoms with van der Waals surface area (Å²) in [7, 11) is 0.972. The van der Waals surface area contributed by atoms with Crippen LogP contribution in [0.25, 0.3) is 0 Å². The second kappa shape index (κ2) is 3.23. The minimum atomic E-state index is -4.66. The predicted octanol–water partition coefficient (Wildman–Crippen LogP) is -2.34. The summed E-state index contributed by atoms with van der Waals surface area (Å²) >= 11 is -4.66. The van der Waals surface area contributed by atoms with E-state index in [1.54, 1.807) is 0 Å². The fraction of sp³-hybridized carbons (Fsp3) is 1.00. The van der Waals surface area contributed by atoms with Gasteiger partial charge in [-0.3, -0.25) is 0 Å². The van der Waals surface area contributed by atoms with Crippen LogP contribution in [-0.4, -0.2) is 35.3 Å². The summed E-state index contributed by atoms with van der Waals surface area (Å²) < 4.78 is 28.8. The Balaban J connectivity index is 0. The van der Waals surface area contributed by atoms with Gasteiger partial charge in [0.2, 0.25) is 0 Å². The molecule has 0 saturated carbocycles. The van der Waals surface area contributed by atoms with E-state index in [0.717, 1.165) is 7.11 Å². The van der Waals surface area contributed by atoms with Gasteiger partial charge in [-0.05, 0) is 0 Å². The van der Waals surface area contributed by atoms with Crippen molar-refractivity contribution >= 4 is 14.5 Å². The molecule has 0 aromatic heterocycles. The normalized spacial score (nSPS) is 10.1. The Morgan fingerprint density at radius 2 is 1.71 bits per heavy atom. The summed E-state index contributed by atoms with van der Waals surface area (Å²) in [6.45, 7) is 0. The van der Waals surface area contributed by atoms with Gasteiger partial charge < -0.3 is 5.48 Å². The molecule has 0 fully saturated rings. The quantitative estimate of drug-likeness (QED) is 0.435. The standard InChI is InChI=1S/CH5AsO4.H2O/c1-6-2(3,4)5;/h1H3,(H2,3,4,5);1H2. The third kappa shape index (κ3) is 10.7. The Morgan fingerprint density at radius 3 is 1.71 bits per heavy atom. The van der Waals surface area contributed by atoms with E-state index < -0.39 is 14.5 Å². The maximum atomic E-state index is 9.53. The molecule has 0 spiro atoms. The van der Waals surface area contributed by atoms with Crippen molar-refractivity contribution in [3.63, 3.8) is 0 Å². The fourth-order valence-corrected chi connectivity index (χ4v) is 0. The molecule has 0 radical (unpaired) electrons. The van der Waals surface area contributed by atoms with E-state index in [1.807, 2.05) is 0 Å². The molecule has 0 rings (SSSR count). The molecule has 0 heterocycles. The van der Waals surface area contributed by atoms with Crippen LogP contribution < -0.4 is 0 Å². The van der Waals surface area contributed by atoms with Gasteiger partial charge in [0.1, 0.15) is 0 Å². The average molecular weight is 174 g/mol. The first-order valence-corrected chi connectivity index (χ1v) is 4.38. The molecule has 4 N–H and O–H groups in total. The van der Waals surface area contributed by atoms with Crippen molar-refractivity contribution in [3.05, 3.63) is 0 Å². The molecule has 7 heavy (non-hydrogen) atoms. The van der Waals surface area contributed by atoms with Crippen LogP contribution in [0.4, 0.5) is 0 Å². The van der Waals surface area contributed by atoms with Gasteiger partial charge in [0, 0.05) is 0 Å². The largest absolute Gasteiger partial charge is 0.412 e. The molecular weight excluding hydrogens is 167 g/mol. The van der Waals surface area contributed by atoms with Crippen LogP contribution in [0.3, 0.4) is 0 Å². The van der Waals surface area contributed by atoms with Crippen LogP contribution >= 0.6 is 0 Å². The molecule has 6 heteroatoms. The third-order valence-corrected chi connectivity index (χ3v) is 1.24. The van der Waals surface area contributed by atoms with Crippen molar-refractivity contribution in [3.8, 4) is 0 Å². The SMILES string of the molecule is CO[As](=O)(O)O.O. The van der Waals surface area contributed by atoms with Crippen molar-refractivity contribution in [1.82, 2.24) is 0 Å². The summed E-state index contributed by atoms with van der Waals surface area (Å²) in [5.41, 5.74) is 0. The minimum Gasteiger partial charge on any atom is -0.412 e. The average Bonchev–Trinajstić information content (AvgIpc) is 1.35. The van der Waals surface area contributed by atoms with Gasteiger partial charge >= 0.3 is 37.3 Å². The number of hydrogen-bond acceptors (Lipinski definition) is 2. The van der Waals surface area contributed by atoms with Crippen LogP contribution in [0.15, 0.2) is 0 Å². The molecule has 5 nitrogen and oxygen atoms in total. The van der Waals surface area contributed by atoms with E-state index in [0.29, 0.717) is 0 Å². The topological polar surface area (TPSA) is 98.3 Å². The molecule has 0 aromatic rings. The van der Waals surface area contributed by atoms with E-state index in [4.69, 9.17) is 8.19 Å². The van der Waals surface area contributed by atoms with E-state index in [-0.39, 0.29) is 5.48 Å². The van der Waals surface area contributed by atoms with Gasteiger partial charge in [0.25, 0.3) is 0 Å². The second-order valence-corrected chi connectivity index (χ2v) is 3.50. The maximum Gasteiger partial charge on any atom is -0.412 e. The molecular formula is CH7AsO5. The molecule has 46 valence electrons. The maximum absolute atomic E-state index is 9.53. The Hall–Kier alpha value is 0.198. The van der Waals surface area contributed by atoms with Crippen molar-refractivity contribution in [2.45, 2.75) is 0 Å². The van der Waals surface area contributed by atoms with Gasteiger partial charge in [-0.1, -0.05) is 0 Å². The molecule has 0 atom stereocenters. The van der Waals surface area contributed by atoms with Crippen LogP contribution in [0.2, 0.25) is 0 Å². The van der Waals surface area contributed by atoms with E-state index in [1.165, 1.54) is 0 Å². The second-order valence-electron chi connectivity index (χ2n) is 0.673. The molecule has 0 aliphatic heterocycles. The first-order chi connectivity index (χ1) is 2.56. The zero-order valence-corrected chi connectivity index (χ0v) is 5.53. The summed E-state index contributed by atoms with van der Waals surface area (Å²) in [5, 5.41) is 0. The van der Waals surface area contributed by atoms with Gasteiger partial charge in [0.15, 0.2) is 0 Å². The van der Waals surface area contributed by atoms with Gasteiger partial charge in [-0.2, -0.15) is 0 Å². The van der Waals surface area contributed by atoms with Crippen molar-refractivity contribution < 1.29 is 21.1 Å². The van der Waals surface area contributed by atoms with Gasteiger partial charge in [0.05, 0.1) is 0 Å². The zero-order chi connectivity index (χ0) is 5.21. The first-order valence-electron chi connectivity index (χ1n) is 1.17. The van der Waals surface area contributed by atoms with Gasteiger partial charge in [-0.15, -0.1) is 0 Å². The summed E-state index contributed by atoms with van der Waals surface area (Å²) in [5.74, 6) is 0. The predicted molar refractivity (Wildman–Crippen MR) is 21.5 cm³/mol. The van der Waals surface area contributed by atoms with Gasteiger partial charge in [-0.25, -0.2) is 0 Å². The van der Waals surface area contributed by atoms with Crippen molar-refractivity contribution in [2.24, 2.45) is 0 Å². The van der Waals surface area contributed by atoms with E-state index in [2.05, 4.69) is 3.73 Å². The molecule has 0 unspecified atom stereocenters. The van der Waals surface area contributed by atoms with Crippen molar-refractivity contribution in [1.29, 1.82) is 0 Å². The molecule has 0 bridgehead atoms. The third-order valence-electron chi connectivity index (χ3n) is 0.238. The van der Waals surface area contributed by atoms with Crippen LogP contribution in [0.5, 0.6) is 0 Å². The van der Waals surface area contributed by atoms with E-state index in [9.17, 15) is 3.74 Å². The molecule has 0 aliphatic rings. The van der Waals surface area contributed by atoms with Crippen LogP contribution in [0, 0.1) is 0 Å². The summed E-state index contributed by atoms with van der Waals surface area (Å²) in [6.07, 6.45) is 0. The Bertz CT molecular complexity index is 72.1. The van der Waals surface area contributed by atoms with Crippen molar-refractivity contribution in [2.75, 3.05) is 7.11 Å². The smallest absolute Gasteiger partial charge is 0.412 e. The van der Waals surface area contributed by atoms with Crippen LogP contribution in [0.1, 0.15) is 0 Å². The summed E-state index contributed by atoms with van der Waals surface area (Å²) in [6, 6.07) is 0. The number of hydrogen-bond donors (Lipinski definition) is 2. The number of rotatable bonds is 1. The summed E-state index contributed by atoms with van der Waals surface area (Å²) in [4.78, 5) is 0. The van der Waals surface area contributed by atoms with Crippen LogP contribution in [-0.2, 0) is 7.47 Å². The zero-order valence-electron chi connectivity index (χ0n) is 3.66. The minimum absolute atomic E-state index is 0.